The normalized spacial score (nSPS) is 27.8. The van der Waals surface area contributed by atoms with Gasteiger partial charge in [0, 0.05) is 12.0 Å². The van der Waals surface area contributed by atoms with Crippen LogP contribution in [-0.2, 0) is 4.74 Å². The van der Waals surface area contributed by atoms with Crippen LogP contribution in [0.4, 0.5) is 5.82 Å². The SMILES string of the molecule is CC1OCCC1Nc1csc(Cl)n1. The highest BCUT2D eigenvalue weighted by Crippen LogP contribution is 2.22. The van der Waals surface area contributed by atoms with E-state index in [0.29, 0.717) is 10.5 Å². The first-order chi connectivity index (χ1) is 6.25. The fourth-order valence-corrected chi connectivity index (χ4v) is 2.13. The van der Waals surface area contributed by atoms with Gasteiger partial charge in [0.25, 0.3) is 0 Å². The van der Waals surface area contributed by atoms with Crippen LogP contribution in [0.5, 0.6) is 0 Å². The summed E-state index contributed by atoms with van der Waals surface area (Å²) in [5.41, 5.74) is 0. The summed E-state index contributed by atoms with van der Waals surface area (Å²) in [5.74, 6) is 0.859. The van der Waals surface area contributed by atoms with Crippen LogP contribution in [0.15, 0.2) is 5.38 Å². The Labute approximate surface area is 86.1 Å². The van der Waals surface area contributed by atoms with Crippen molar-refractivity contribution in [2.45, 2.75) is 25.5 Å². The van der Waals surface area contributed by atoms with Crippen LogP contribution in [0, 0.1) is 0 Å². The van der Waals surface area contributed by atoms with Gasteiger partial charge < -0.3 is 10.1 Å². The molecule has 3 nitrogen and oxygen atoms in total. The van der Waals surface area contributed by atoms with Crippen LogP contribution in [0.25, 0.3) is 0 Å². The molecule has 2 unspecified atom stereocenters. The molecule has 13 heavy (non-hydrogen) atoms. The molecule has 0 radical (unpaired) electrons. The van der Waals surface area contributed by atoms with E-state index in [1.807, 2.05) is 5.38 Å². The summed E-state index contributed by atoms with van der Waals surface area (Å²) >= 11 is 7.16. The highest BCUT2D eigenvalue weighted by molar-refractivity contribution is 7.14. The van der Waals surface area contributed by atoms with Crippen LogP contribution in [0.1, 0.15) is 13.3 Å². The smallest absolute Gasteiger partial charge is 0.185 e. The molecule has 1 aliphatic heterocycles. The lowest BCUT2D eigenvalue weighted by Crippen LogP contribution is -2.26. The summed E-state index contributed by atoms with van der Waals surface area (Å²) in [5, 5.41) is 5.23. The molecule has 0 aromatic carbocycles. The number of hydrogen-bond acceptors (Lipinski definition) is 4. The molecule has 72 valence electrons. The van der Waals surface area contributed by atoms with Gasteiger partial charge in [-0.1, -0.05) is 11.6 Å². The quantitative estimate of drug-likeness (QED) is 0.828. The van der Waals surface area contributed by atoms with Gasteiger partial charge in [0.05, 0.1) is 12.1 Å². The molecule has 0 aliphatic carbocycles. The van der Waals surface area contributed by atoms with Crippen LogP contribution < -0.4 is 5.32 Å². The Morgan fingerprint density at radius 3 is 3.15 bits per heavy atom. The second-order valence-electron chi connectivity index (χ2n) is 3.10. The molecule has 1 N–H and O–H groups in total. The Hall–Kier alpha value is -0.320. The second kappa shape index (κ2) is 3.82. The predicted octanol–water partition coefficient (Wildman–Crippen LogP) is 2.39. The summed E-state index contributed by atoms with van der Waals surface area (Å²) in [7, 11) is 0. The number of nitrogens with zero attached hydrogens (tertiary/aromatic N) is 1. The Morgan fingerprint density at radius 2 is 2.62 bits per heavy atom. The average molecular weight is 219 g/mol. The fraction of sp³-hybridized carbons (Fsp3) is 0.625. The fourth-order valence-electron chi connectivity index (χ4n) is 1.43. The molecule has 1 aromatic rings. The maximum atomic E-state index is 5.72. The van der Waals surface area contributed by atoms with Gasteiger partial charge in [-0.2, -0.15) is 0 Å². The Kier molecular flexibility index (Phi) is 2.71. The van der Waals surface area contributed by atoms with E-state index in [-0.39, 0.29) is 6.10 Å². The summed E-state index contributed by atoms with van der Waals surface area (Å²) in [6.07, 6.45) is 1.30. The van der Waals surface area contributed by atoms with E-state index in [1.165, 1.54) is 11.3 Å². The van der Waals surface area contributed by atoms with E-state index in [0.717, 1.165) is 18.8 Å². The zero-order valence-electron chi connectivity index (χ0n) is 7.29. The van der Waals surface area contributed by atoms with Crippen molar-refractivity contribution in [3.63, 3.8) is 0 Å². The molecule has 0 saturated carbocycles. The van der Waals surface area contributed by atoms with Crippen molar-refractivity contribution in [1.29, 1.82) is 0 Å². The van der Waals surface area contributed by atoms with E-state index >= 15 is 0 Å². The zero-order chi connectivity index (χ0) is 9.26. The lowest BCUT2D eigenvalue weighted by Gasteiger charge is -2.14. The van der Waals surface area contributed by atoms with Crippen molar-refractivity contribution < 1.29 is 4.74 Å². The number of halogens is 1. The number of anilines is 1. The molecule has 0 bridgehead atoms. The van der Waals surface area contributed by atoms with Gasteiger partial charge >= 0.3 is 0 Å². The van der Waals surface area contributed by atoms with Gasteiger partial charge in [0.15, 0.2) is 4.47 Å². The van der Waals surface area contributed by atoms with Gasteiger partial charge in [-0.05, 0) is 13.3 Å². The highest BCUT2D eigenvalue weighted by atomic mass is 35.5. The first kappa shape index (κ1) is 9.24. The minimum atomic E-state index is 0.264. The molecule has 0 amide bonds. The second-order valence-corrected chi connectivity index (χ2v) is 4.54. The van der Waals surface area contributed by atoms with E-state index in [4.69, 9.17) is 16.3 Å². The van der Waals surface area contributed by atoms with Crippen molar-refractivity contribution in [2.24, 2.45) is 0 Å². The minimum Gasteiger partial charge on any atom is -0.376 e. The van der Waals surface area contributed by atoms with Gasteiger partial charge in [-0.25, -0.2) is 4.98 Å². The first-order valence-electron chi connectivity index (χ1n) is 4.25. The van der Waals surface area contributed by atoms with Crippen molar-refractivity contribution in [2.75, 3.05) is 11.9 Å². The number of thiazole rings is 1. The van der Waals surface area contributed by atoms with E-state index < -0.39 is 0 Å². The van der Waals surface area contributed by atoms with Crippen molar-refractivity contribution in [1.82, 2.24) is 4.98 Å². The predicted molar refractivity (Wildman–Crippen MR) is 54.6 cm³/mol. The van der Waals surface area contributed by atoms with Gasteiger partial charge in [0.1, 0.15) is 5.82 Å². The van der Waals surface area contributed by atoms with Crippen molar-refractivity contribution in [3.05, 3.63) is 9.85 Å². The Balaban J connectivity index is 1.97. The number of nitrogens with one attached hydrogen (secondary N) is 1. The third-order valence-corrected chi connectivity index (χ3v) is 3.16. The third kappa shape index (κ3) is 2.13. The van der Waals surface area contributed by atoms with Gasteiger partial charge in [0.2, 0.25) is 0 Å². The standard InChI is InChI=1S/C8H11ClN2OS/c1-5-6(2-3-12-5)10-7-4-13-8(9)11-7/h4-6,10H,2-3H2,1H3. The average Bonchev–Trinajstić information content (AvgIpc) is 2.64. The van der Waals surface area contributed by atoms with Crippen LogP contribution in [0.2, 0.25) is 4.47 Å². The highest BCUT2D eigenvalue weighted by Gasteiger charge is 2.24. The summed E-state index contributed by atoms with van der Waals surface area (Å²) in [4.78, 5) is 4.13. The molecule has 2 rings (SSSR count). The first-order valence-corrected chi connectivity index (χ1v) is 5.50. The van der Waals surface area contributed by atoms with Gasteiger partial charge in [-0.15, -0.1) is 11.3 Å². The number of aromatic nitrogens is 1. The molecule has 1 aliphatic rings. The summed E-state index contributed by atoms with van der Waals surface area (Å²) < 4.78 is 6.00. The lowest BCUT2D eigenvalue weighted by atomic mass is 10.2. The van der Waals surface area contributed by atoms with Crippen molar-refractivity contribution >= 4 is 28.8 Å². The maximum Gasteiger partial charge on any atom is 0.185 e. The molecule has 2 atom stereocenters. The number of rotatable bonds is 2. The molecule has 1 aromatic heterocycles. The summed E-state index contributed by atoms with van der Waals surface area (Å²) in [6.45, 7) is 2.90. The largest absolute Gasteiger partial charge is 0.376 e. The van der Waals surface area contributed by atoms with Crippen molar-refractivity contribution in [3.8, 4) is 0 Å². The summed E-state index contributed by atoms with van der Waals surface area (Å²) in [6, 6.07) is 0.373. The lowest BCUT2D eigenvalue weighted by molar-refractivity contribution is 0.121. The number of hydrogen-bond donors (Lipinski definition) is 1. The molecule has 1 fully saturated rings. The van der Waals surface area contributed by atoms with E-state index in [1.54, 1.807) is 0 Å². The van der Waals surface area contributed by atoms with E-state index in [2.05, 4.69) is 17.2 Å². The van der Waals surface area contributed by atoms with Gasteiger partial charge in [-0.3, -0.25) is 0 Å². The Bertz CT molecular complexity index is 291. The van der Waals surface area contributed by atoms with E-state index in [9.17, 15) is 0 Å². The zero-order valence-corrected chi connectivity index (χ0v) is 8.86. The molecular weight excluding hydrogens is 208 g/mol. The molecule has 0 spiro atoms. The van der Waals surface area contributed by atoms with Crippen LogP contribution in [-0.4, -0.2) is 23.7 Å². The molecular formula is C8H11ClN2OS. The topological polar surface area (TPSA) is 34.1 Å². The monoisotopic (exact) mass is 218 g/mol. The molecule has 2 heterocycles. The minimum absolute atomic E-state index is 0.264. The maximum absolute atomic E-state index is 5.72. The number of ether oxygens (including phenoxy) is 1. The molecule has 5 heteroatoms. The van der Waals surface area contributed by atoms with Crippen LogP contribution >= 0.6 is 22.9 Å². The molecule has 1 saturated heterocycles. The Morgan fingerprint density at radius 1 is 1.77 bits per heavy atom. The van der Waals surface area contributed by atoms with Crippen LogP contribution in [0.3, 0.4) is 0 Å². The third-order valence-electron chi connectivity index (χ3n) is 2.19.